The quantitative estimate of drug-likeness (QED) is 0.718. The molecule has 0 aliphatic heterocycles. The maximum absolute atomic E-state index is 8.71. The number of benzene rings is 1. The topological polar surface area (TPSA) is 41.5 Å². The van der Waals surface area contributed by atoms with E-state index in [9.17, 15) is 0 Å². The molecule has 0 saturated heterocycles. The number of hydrogen-bond donors (Lipinski definition) is 2. The summed E-state index contributed by atoms with van der Waals surface area (Å²) in [5.74, 6) is 0.740. The highest BCUT2D eigenvalue weighted by Gasteiger charge is 2.24. The molecule has 0 heterocycles. The Kier molecular flexibility index (Phi) is 7.06. The summed E-state index contributed by atoms with van der Waals surface area (Å²) in [4.78, 5) is 0. The van der Waals surface area contributed by atoms with Gasteiger partial charge in [-0.2, -0.15) is 0 Å². The van der Waals surface area contributed by atoms with Crippen LogP contribution in [-0.4, -0.2) is 31.5 Å². The molecule has 2 N–H and O–H groups in total. The van der Waals surface area contributed by atoms with E-state index in [-0.39, 0.29) is 6.61 Å². The average Bonchev–Trinajstić information content (AvgIpc) is 2.53. The van der Waals surface area contributed by atoms with Gasteiger partial charge < -0.3 is 15.2 Å². The highest BCUT2D eigenvalue weighted by atomic mass is 16.5. The van der Waals surface area contributed by atoms with E-state index < -0.39 is 0 Å². The van der Waals surface area contributed by atoms with Crippen molar-refractivity contribution in [3.05, 3.63) is 35.9 Å². The van der Waals surface area contributed by atoms with Crippen LogP contribution in [0.25, 0.3) is 0 Å². The molecule has 0 radical (unpaired) electrons. The van der Waals surface area contributed by atoms with Crippen LogP contribution < -0.4 is 5.32 Å². The molecule has 1 aromatic rings. The van der Waals surface area contributed by atoms with Gasteiger partial charge in [0.25, 0.3) is 0 Å². The molecule has 3 nitrogen and oxygen atoms in total. The molecule has 0 amide bonds. The molecular weight excluding hydrogens is 250 g/mol. The van der Waals surface area contributed by atoms with E-state index in [0.29, 0.717) is 19.3 Å². The van der Waals surface area contributed by atoms with Gasteiger partial charge in [0.15, 0.2) is 0 Å². The first-order valence-electron chi connectivity index (χ1n) is 7.88. The minimum absolute atomic E-state index is 0.102. The average molecular weight is 277 g/mol. The Bertz CT molecular complexity index is 349. The molecule has 1 unspecified atom stereocenters. The normalized spacial score (nSPS) is 18.1. The predicted octanol–water partition coefficient (Wildman–Crippen LogP) is 2.91. The fourth-order valence-corrected chi connectivity index (χ4v) is 3.14. The van der Waals surface area contributed by atoms with Crippen LogP contribution in [0.2, 0.25) is 0 Å². The molecule has 2 rings (SSSR count). The number of ether oxygens (including phenoxy) is 1. The summed E-state index contributed by atoms with van der Waals surface area (Å²) in [6.07, 6.45) is 6.75. The lowest BCUT2D eigenvalue weighted by atomic mass is 9.81. The highest BCUT2D eigenvalue weighted by molar-refractivity contribution is 5.19. The first-order chi connectivity index (χ1) is 9.92. The lowest BCUT2D eigenvalue weighted by Crippen LogP contribution is -2.32. The van der Waals surface area contributed by atoms with Crippen LogP contribution in [0.15, 0.2) is 30.3 Å². The minimum atomic E-state index is 0.102. The van der Waals surface area contributed by atoms with Crippen LogP contribution in [0, 0.1) is 5.92 Å². The third-order valence-electron chi connectivity index (χ3n) is 4.13. The fraction of sp³-hybridized carbons (Fsp3) is 0.647. The lowest BCUT2D eigenvalue weighted by Gasteiger charge is -2.31. The second-order valence-corrected chi connectivity index (χ2v) is 5.58. The van der Waals surface area contributed by atoms with Gasteiger partial charge in [0.1, 0.15) is 0 Å². The van der Waals surface area contributed by atoms with Crippen LogP contribution in [0.3, 0.4) is 0 Å². The standard InChI is InChI=1S/C17H27NO2/c19-12-14-20-13-11-18-17(15-7-3-1-4-8-15)16-9-5-2-6-10-16/h1,3-4,7-8,16-19H,2,5-6,9-14H2. The van der Waals surface area contributed by atoms with Crippen molar-refractivity contribution in [1.82, 2.24) is 5.32 Å². The van der Waals surface area contributed by atoms with Crippen LogP contribution in [0.5, 0.6) is 0 Å². The minimum Gasteiger partial charge on any atom is -0.394 e. The number of hydrogen-bond acceptors (Lipinski definition) is 3. The molecule has 20 heavy (non-hydrogen) atoms. The van der Waals surface area contributed by atoms with Crippen molar-refractivity contribution in [2.75, 3.05) is 26.4 Å². The summed E-state index contributed by atoms with van der Waals surface area (Å²) >= 11 is 0. The van der Waals surface area contributed by atoms with E-state index >= 15 is 0 Å². The van der Waals surface area contributed by atoms with Gasteiger partial charge in [0, 0.05) is 12.6 Å². The molecule has 1 aromatic carbocycles. The van der Waals surface area contributed by atoms with Crippen molar-refractivity contribution in [2.24, 2.45) is 5.92 Å². The van der Waals surface area contributed by atoms with E-state index in [0.717, 1.165) is 12.5 Å². The molecule has 1 saturated carbocycles. The third-order valence-corrected chi connectivity index (χ3v) is 4.13. The molecule has 0 aromatic heterocycles. The zero-order valence-corrected chi connectivity index (χ0v) is 12.3. The van der Waals surface area contributed by atoms with Gasteiger partial charge in [-0.25, -0.2) is 0 Å². The SMILES string of the molecule is OCCOCCNC(c1ccccc1)C1CCCCC1. The largest absolute Gasteiger partial charge is 0.394 e. The Morgan fingerprint density at radius 2 is 1.85 bits per heavy atom. The molecule has 1 atom stereocenters. The summed E-state index contributed by atoms with van der Waals surface area (Å²) in [5.41, 5.74) is 1.39. The summed E-state index contributed by atoms with van der Waals surface area (Å²) in [6.45, 7) is 2.04. The Labute approximate surface area is 122 Å². The van der Waals surface area contributed by atoms with Crippen molar-refractivity contribution in [1.29, 1.82) is 0 Å². The molecular formula is C17H27NO2. The Morgan fingerprint density at radius 3 is 2.55 bits per heavy atom. The molecule has 3 heteroatoms. The van der Waals surface area contributed by atoms with Crippen molar-refractivity contribution in [3.8, 4) is 0 Å². The van der Waals surface area contributed by atoms with E-state index in [1.54, 1.807) is 0 Å². The van der Waals surface area contributed by atoms with Gasteiger partial charge in [-0.05, 0) is 24.3 Å². The number of aliphatic hydroxyl groups is 1. The van der Waals surface area contributed by atoms with Crippen molar-refractivity contribution >= 4 is 0 Å². The number of rotatable bonds is 8. The summed E-state index contributed by atoms with van der Waals surface area (Å²) < 4.78 is 5.34. The first-order valence-corrected chi connectivity index (χ1v) is 7.88. The van der Waals surface area contributed by atoms with Gasteiger partial charge in [-0.3, -0.25) is 0 Å². The molecule has 112 valence electrons. The van der Waals surface area contributed by atoms with E-state index in [1.165, 1.54) is 37.7 Å². The zero-order valence-electron chi connectivity index (χ0n) is 12.3. The second-order valence-electron chi connectivity index (χ2n) is 5.58. The molecule has 0 bridgehead atoms. The van der Waals surface area contributed by atoms with Gasteiger partial charge in [-0.15, -0.1) is 0 Å². The summed E-state index contributed by atoms with van der Waals surface area (Å²) in [7, 11) is 0. The Balaban J connectivity index is 1.90. The molecule has 1 aliphatic carbocycles. The number of nitrogens with one attached hydrogen (secondary N) is 1. The molecule has 0 spiro atoms. The smallest absolute Gasteiger partial charge is 0.0698 e. The zero-order chi connectivity index (χ0) is 14.0. The predicted molar refractivity (Wildman–Crippen MR) is 81.7 cm³/mol. The molecule has 1 fully saturated rings. The summed E-state index contributed by atoms with van der Waals surface area (Å²) in [6, 6.07) is 11.2. The van der Waals surface area contributed by atoms with Gasteiger partial charge in [0.05, 0.1) is 19.8 Å². The highest BCUT2D eigenvalue weighted by Crippen LogP contribution is 2.34. The van der Waals surface area contributed by atoms with Crippen LogP contribution in [0.1, 0.15) is 43.7 Å². The third kappa shape index (κ3) is 4.89. The van der Waals surface area contributed by atoms with Crippen LogP contribution in [0.4, 0.5) is 0 Å². The van der Waals surface area contributed by atoms with Crippen LogP contribution >= 0.6 is 0 Å². The van der Waals surface area contributed by atoms with E-state index in [4.69, 9.17) is 9.84 Å². The Morgan fingerprint density at radius 1 is 1.10 bits per heavy atom. The van der Waals surface area contributed by atoms with Gasteiger partial charge >= 0.3 is 0 Å². The van der Waals surface area contributed by atoms with Crippen molar-refractivity contribution in [3.63, 3.8) is 0 Å². The lowest BCUT2D eigenvalue weighted by molar-refractivity contribution is 0.0905. The maximum atomic E-state index is 8.71. The molecule has 1 aliphatic rings. The second kappa shape index (κ2) is 9.11. The first kappa shape index (κ1) is 15.5. The van der Waals surface area contributed by atoms with Crippen LogP contribution in [-0.2, 0) is 4.74 Å². The summed E-state index contributed by atoms with van der Waals surface area (Å²) in [5, 5.41) is 12.4. The monoisotopic (exact) mass is 277 g/mol. The fourth-order valence-electron chi connectivity index (χ4n) is 3.14. The van der Waals surface area contributed by atoms with Gasteiger partial charge in [0.2, 0.25) is 0 Å². The Hall–Kier alpha value is -0.900. The van der Waals surface area contributed by atoms with Crippen molar-refractivity contribution in [2.45, 2.75) is 38.1 Å². The number of aliphatic hydroxyl groups excluding tert-OH is 1. The van der Waals surface area contributed by atoms with E-state index in [1.807, 2.05) is 0 Å². The van der Waals surface area contributed by atoms with E-state index in [2.05, 4.69) is 35.6 Å². The maximum Gasteiger partial charge on any atom is 0.0698 e. The van der Waals surface area contributed by atoms with Gasteiger partial charge in [-0.1, -0.05) is 49.6 Å². The van der Waals surface area contributed by atoms with Crippen molar-refractivity contribution < 1.29 is 9.84 Å².